The van der Waals surface area contributed by atoms with E-state index in [4.69, 9.17) is 0 Å². The van der Waals surface area contributed by atoms with Crippen LogP contribution in [0.1, 0.15) is 24.8 Å². The van der Waals surface area contributed by atoms with E-state index < -0.39 is 23.8 Å². The summed E-state index contributed by atoms with van der Waals surface area (Å²) in [7, 11) is 0. The van der Waals surface area contributed by atoms with Gasteiger partial charge in [0.05, 0.1) is 6.54 Å². The highest BCUT2D eigenvalue weighted by Crippen LogP contribution is 2.26. The molecule has 3 N–H and O–H groups in total. The minimum absolute atomic E-state index is 0.141. The Morgan fingerprint density at radius 3 is 2.27 bits per heavy atom. The number of nitrogens with zero attached hydrogens (tertiary/aromatic N) is 1. The van der Waals surface area contributed by atoms with Crippen LogP contribution < -0.4 is 5.73 Å². The van der Waals surface area contributed by atoms with Crippen molar-refractivity contribution in [3.05, 3.63) is 59.7 Å². The lowest BCUT2D eigenvalue weighted by atomic mass is 9.91. The van der Waals surface area contributed by atoms with Gasteiger partial charge >= 0.3 is 0 Å². The van der Waals surface area contributed by atoms with E-state index in [1.165, 1.54) is 17.0 Å². The van der Waals surface area contributed by atoms with Gasteiger partial charge in [0, 0.05) is 18.5 Å². The first-order valence-electron chi connectivity index (χ1n) is 8.67. The summed E-state index contributed by atoms with van der Waals surface area (Å²) in [6.07, 6.45) is -0.571. The van der Waals surface area contributed by atoms with Crippen LogP contribution in [-0.2, 0) is 4.79 Å². The summed E-state index contributed by atoms with van der Waals surface area (Å²) >= 11 is 0. The Hall–Kier alpha value is -2.34. The molecule has 0 aliphatic carbocycles. The molecule has 0 aromatic heterocycles. The predicted octanol–water partition coefficient (Wildman–Crippen LogP) is 2.92. The summed E-state index contributed by atoms with van der Waals surface area (Å²) in [6.45, 7) is 2.47. The first-order chi connectivity index (χ1) is 12.3. The van der Waals surface area contributed by atoms with E-state index in [1.807, 2.05) is 19.1 Å². The minimum Gasteiger partial charge on any atom is -0.347 e. The average molecular weight is 363 g/mol. The van der Waals surface area contributed by atoms with E-state index in [0.717, 1.165) is 11.6 Å². The highest BCUT2D eigenvalue weighted by atomic mass is 19.1. The summed E-state index contributed by atoms with van der Waals surface area (Å²) in [5, 5.41) is 0. The summed E-state index contributed by atoms with van der Waals surface area (Å²) in [6, 6.07) is 10.1. The number of alkyl halides is 1. The van der Waals surface area contributed by atoms with Crippen molar-refractivity contribution < 1.29 is 23.7 Å². The van der Waals surface area contributed by atoms with Gasteiger partial charge in [0.15, 0.2) is 6.04 Å². The van der Waals surface area contributed by atoms with Crippen LogP contribution >= 0.6 is 0 Å². The van der Waals surface area contributed by atoms with E-state index >= 15 is 0 Å². The number of hydrogen-bond donors (Lipinski definition) is 1. The molecule has 6 heteroatoms. The molecule has 0 bridgehead atoms. The molecule has 1 aliphatic heterocycles. The lowest BCUT2D eigenvalue weighted by molar-refractivity contribution is -0.410. The molecule has 26 heavy (non-hydrogen) atoms. The molecule has 0 saturated carbocycles. The fraction of sp³-hybridized carbons (Fsp3) is 0.350. The van der Waals surface area contributed by atoms with Gasteiger partial charge in [-0.15, -0.1) is 0 Å². The van der Waals surface area contributed by atoms with Gasteiger partial charge in [-0.25, -0.2) is 13.2 Å². The monoisotopic (exact) mass is 363 g/mol. The molecule has 1 saturated heterocycles. The van der Waals surface area contributed by atoms with Gasteiger partial charge in [0.2, 0.25) is 0 Å². The maximum absolute atomic E-state index is 13.4. The topological polar surface area (TPSA) is 48.0 Å². The second-order valence-corrected chi connectivity index (χ2v) is 6.85. The highest BCUT2D eigenvalue weighted by Gasteiger charge is 2.34. The second-order valence-electron chi connectivity index (χ2n) is 6.85. The Labute approximate surface area is 150 Å². The van der Waals surface area contributed by atoms with Crippen molar-refractivity contribution >= 4 is 5.91 Å². The van der Waals surface area contributed by atoms with Crippen LogP contribution in [0.3, 0.4) is 0 Å². The molecule has 2 aromatic carbocycles. The van der Waals surface area contributed by atoms with E-state index in [0.29, 0.717) is 24.1 Å². The molecule has 0 radical (unpaired) electrons. The van der Waals surface area contributed by atoms with Gasteiger partial charge < -0.3 is 10.6 Å². The van der Waals surface area contributed by atoms with Gasteiger partial charge in [-0.1, -0.05) is 31.2 Å². The SMILES string of the molecule is C[C@@H](c1ccc(-c2cc(F)cc(F)c2)cc1)[C@H]([NH3+])C(=O)N1CC[C@H](F)C1. The van der Waals surface area contributed by atoms with Crippen LogP contribution in [0.5, 0.6) is 0 Å². The summed E-state index contributed by atoms with van der Waals surface area (Å²) in [5.41, 5.74) is 6.01. The molecular formula is C20H22F3N2O+. The molecule has 2 aromatic rings. The first kappa shape index (κ1) is 18.5. The third-order valence-electron chi connectivity index (χ3n) is 5.00. The second kappa shape index (κ2) is 7.50. The number of amides is 1. The lowest BCUT2D eigenvalue weighted by Crippen LogP contribution is -2.69. The summed E-state index contributed by atoms with van der Waals surface area (Å²) in [4.78, 5) is 14.0. The van der Waals surface area contributed by atoms with E-state index in [1.54, 1.807) is 12.1 Å². The zero-order valence-corrected chi connectivity index (χ0v) is 14.6. The summed E-state index contributed by atoms with van der Waals surface area (Å²) in [5.74, 6) is -1.55. The number of halogens is 3. The van der Waals surface area contributed by atoms with Gasteiger partial charge in [-0.2, -0.15) is 0 Å². The van der Waals surface area contributed by atoms with Gasteiger partial charge in [-0.3, -0.25) is 4.79 Å². The van der Waals surface area contributed by atoms with Crippen molar-refractivity contribution in [2.45, 2.75) is 31.5 Å². The number of carbonyl (C=O) groups excluding carboxylic acids is 1. The maximum Gasteiger partial charge on any atom is 0.281 e. The lowest BCUT2D eigenvalue weighted by Gasteiger charge is -2.22. The average Bonchev–Trinajstić information content (AvgIpc) is 3.05. The largest absolute Gasteiger partial charge is 0.347 e. The Bertz CT molecular complexity index is 774. The Kier molecular flexibility index (Phi) is 5.32. The number of carbonyl (C=O) groups is 1. The molecule has 3 atom stereocenters. The predicted molar refractivity (Wildman–Crippen MR) is 93.0 cm³/mol. The molecular weight excluding hydrogens is 341 g/mol. The molecule has 1 aliphatic rings. The number of hydrogen-bond acceptors (Lipinski definition) is 1. The van der Waals surface area contributed by atoms with Crippen molar-refractivity contribution in [2.75, 3.05) is 13.1 Å². The molecule has 1 heterocycles. The van der Waals surface area contributed by atoms with Gasteiger partial charge in [0.1, 0.15) is 17.8 Å². The quantitative estimate of drug-likeness (QED) is 0.892. The third-order valence-corrected chi connectivity index (χ3v) is 5.00. The Morgan fingerprint density at radius 1 is 1.12 bits per heavy atom. The van der Waals surface area contributed by atoms with Gasteiger partial charge in [-0.05, 0) is 35.2 Å². The molecule has 0 unspecified atom stereocenters. The van der Waals surface area contributed by atoms with Crippen molar-refractivity contribution in [3.63, 3.8) is 0 Å². The maximum atomic E-state index is 13.4. The third kappa shape index (κ3) is 3.90. The smallest absolute Gasteiger partial charge is 0.281 e. The van der Waals surface area contributed by atoms with E-state index in [-0.39, 0.29) is 18.4 Å². The van der Waals surface area contributed by atoms with Crippen LogP contribution in [0.25, 0.3) is 11.1 Å². The fourth-order valence-corrected chi connectivity index (χ4v) is 3.30. The van der Waals surface area contributed by atoms with Gasteiger partial charge in [0.25, 0.3) is 5.91 Å². The molecule has 0 spiro atoms. The van der Waals surface area contributed by atoms with Crippen molar-refractivity contribution in [1.82, 2.24) is 4.90 Å². The molecule has 1 fully saturated rings. The standard InChI is InChI=1S/C20H21F3N2O/c1-12(19(24)20(26)25-7-6-16(21)11-25)13-2-4-14(5-3-13)15-8-17(22)10-18(23)9-15/h2-5,8-10,12,16,19H,6-7,11,24H2,1H3/p+1/t12-,16-,19-/m0/s1. The van der Waals surface area contributed by atoms with Crippen LogP contribution in [0.15, 0.2) is 42.5 Å². The number of benzene rings is 2. The van der Waals surface area contributed by atoms with Crippen LogP contribution in [0.4, 0.5) is 13.2 Å². The number of rotatable bonds is 4. The van der Waals surface area contributed by atoms with Crippen LogP contribution in [-0.4, -0.2) is 36.1 Å². The van der Waals surface area contributed by atoms with E-state index in [9.17, 15) is 18.0 Å². The Balaban J connectivity index is 1.74. The minimum atomic E-state index is -0.951. The molecule has 138 valence electrons. The number of quaternary nitrogens is 1. The first-order valence-corrected chi connectivity index (χ1v) is 8.67. The normalized spacial score (nSPS) is 19.4. The zero-order chi connectivity index (χ0) is 18.8. The van der Waals surface area contributed by atoms with Crippen LogP contribution in [0.2, 0.25) is 0 Å². The van der Waals surface area contributed by atoms with E-state index in [2.05, 4.69) is 5.73 Å². The summed E-state index contributed by atoms with van der Waals surface area (Å²) < 4.78 is 40.1. The van der Waals surface area contributed by atoms with Crippen LogP contribution in [0, 0.1) is 11.6 Å². The number of likely N-dealkylation sites (tertiary alicyclic amines) is 1. The molecule has 3 nitrogen and oxygen atoms in total. The molecule has 3 rings (SSSR count). The van der Waals surface area contributed by atoms with Crippen molar-refractivity contribution in [3.8, 4) is 11.1 Å². The fourth-order valence-electron chi connectivity index (χ4n) is 3.30. The Morgan fingerprint density at radius 2 is 1.73 bits per heavy atom. The zero-order valence-electron chi connectivity index (χ0n) is 14.6. The van der Waals surface area contributed by atoms with Crippen molar-refractivity contribution in [2.24, 2.45) is 0 Å². The molecule has 1 amide bonds. The highest BCUT2D eigenvalue weighted by molar-refractivity contribution is 5.81. The van der Waals surface area contributed by atoms with Crippen molar-refractivity contribution in [1.29, 1.82) is 0 Å².